The minimum atomic E-state index is 1.00. The molecule has 0 bridgehead atoms. The van der Waals surface area contributed by atoms with Crippen LogP contribution in [0.25, 0.3) is 16.7 Å². The Morgan fingerprint density at radius 3 is 2.82 bits per heavy atom. The minimum Gasteiger partial charge on any atom is -0.302 e. The number of halogens is 1. The molecule has 3 heterocycles. The third-order valence-corrected chi connectivity index (χ3v) is 4.90. The van der Waals surface area contributed by atoms with E-state index in [0.717, 1.165) is 29.8 Å². The predicted octanol–water partition coefficient (Wildman–Crippen LogP) is 4.08. The van der Waals surface area contributed by atoms with Crippen LogP contribution in [0, 0.1) is 6.92 Å². The normalized spacial score (nSPS) is 15.2. The van der Waals surface area contributed by atoms with Gasteiger partial charge in [-0.15, -0.1) is 0 Å². The molecule has 3 aromatic rings. The Bertz CT molecular complexity index is 849. The van der Waals surface area contributed by atoms with Gasteiger partial charge in [-0.25, -0.2) is 4.98 Å². The van der Waals surface area contributed by atoms with Crippen molar-refractivity contribution in [3.05, 3.63) is 57.8 Å². The molecule has 1 aliphatic rings. The van der Waals surface area contributed by atoms with Crippen LogP contribution in [0.5, 0.6) is 0 Å². The zero-order valence-corrected chi connectivity index (χ0v) is 14.4. The van der Waals surface area contributed by atoms with Crippen molar-refractivity contribution in [2.75, 3.05) is 13.6 Å². The molecule has 0 atom stereocenters. The maximum atomic E-state index is 4.62. The number of nitrogens with zero attached hydrogens (tertiary/aromatic N) is 3. The van der Waals surface area contributed by atoms with Gasteiger partial charge in [0.2, 0.25) is 0 Å². The molecule has 0 amide bonds. The van der Waals surface area contributed by atoms with Crippen LogP contribution in [0.3, 0.4) is 0 Å². The zero-order valence-electron chi connectivity index (χ0n) is 12.8. The van der Waals surface area contributed by atoms with Crippen LogP contribution in [-0.2, 0) is 13.0 Å². The van der Waals surface area contributed by atoms with E-state index in [1.165, 1.54) is 27.7 Å². The third-order valence-electron chi connectivity index (χ3n) is 4.44. The second kappa shape index (κ2) is 5.21. The summed E-state index contributed by atoms with van der Waals surface area (Å²) < 4.78 is 3.35. The average molecular weight is 356 g/mol. The SMILES string of the molecule is Cc1ccc2c(c1)c1c(n2-c2ccc(Br)cn2)CCN(C)C1. The summed E-state index contributed by atoms with van der Waals surface area (Å²) in [6.07, 6.45) is 2.94. The van der Waals surface area contributed by atoms with Crippen molar-refractivity contribution in [2.24, 2.45) is 0 Å². The summed E-state index contributed by atoms with van der Waals surface area (Å²) >= 11 is 3.47. The van der Waals surface area contributed by atoms with E-state index in [2.05, 4.69) is 74.7 Å². The monoisotopic (exact) mass is 355 g/mol. The number of pyridine rings is 1. The summed E-state index contributed by atoms with van der Waals surface area (Å²) in [5.74, 6) is 1.00. The van der Waals surface area contributed by atoms with Gasteiger partial charge in [0, 0.05) is 41.3 Å². The number of likely N-dealkylation sites (N-methyl/N-ethyl adjacent to an activating group) is 1. The van der Waals surface area contributed by atoms with Crippen LogP contribution in [-0.4, -0.2) is 28.0 Å². The Kier molecular flexibility index (Phi) is 3.31. The van der Waals surface area contributed by atoms with E-state index >= 15 is 0 Å². The lowest BCUT2D eigenvalue weighted by atomic mass is 10.0. The zero-order chi connectivity index (χ0) is 15.3. The van der Waals surface area contributed by atoms with Crippen LogP contribution in [0.1, 0.15) is 16.8 Å². The molecule has 0 radical (unpaired) electrons. The largest absolute Gasteiger partial charge is 0.302 e. The van der Waals surface area contributed by atoms with Gasteiger partial charge in [-0.05, 0) is 59.7 Å². The van der Waals surface area contributed by atoms with Gasteiger partial charge in [0.15, 0.2) is 0 Å². The predicted molar refractivity (Wildman–Crippen MR) is 93.5 cm³/mol. The highest BCUT2D eigenvalue weighted by Crippen LogP contribution is 2.33. The van der Waals surface area contributed by atoms with Crippen LogP contribution in [0.15, 0.2) is 41.0 Å². The molecule has 0 fully saturated rings. The molecule has 0 saturated carbocycles. The lowest BCUT2D eigenvalue weighted by Gasteiger charge is -2.24. The molecule has 0 aliphatic carbocycles. The van der Waals surface area contributed by atoms with Gasteiger partial charge in [0.05, 0.1) is 5.52 Å². The topological polar surface area (TPSA) is 21.1 Å². The molecular formula is C18H18BrN3. The number of aromatic nitrogens is 2. The molecule has 0 spiro atoms. The summed E-state index contributed by atoms with van der Waals surface area (Å²) in [5.41, 5.74) is 5.44. The molecule has 1 aromatic carbocycles. The van der Waals surface area contributed by atoms with E-state index < -0.39 is 0 Å². The standard InChI is InChI=1S/C18H18BrN3/c1-12-3-5-16-14(9-12)15-11-21(2)8-7-17(15)22(16)18-6-4-13(19)10-20-18/h3-6,9-10H,7-8,11H2,1-2H3. The molecule has 112 valence electrons. The highest BCUT2D eigenvalue weighted by atomic mass is 79.9. The van der Waals surface area contributed by atoms with Crippen molar-refractivity contribution in [1.82, 2.24) is 14.5 Å². The van der Waals surface area contributed by atoms with Crippen LogP contribution < -0.4 is 0 Å². The Morgan fingerprint density at radius 1 is 1.18 bits per heavy atom. The number of hydrogen-bond acceptors (Lipinski definition) is 2. The first-order valence-corrected chi connectivity index (χ1v) is 8.36. The maximum absolute atomic E-state index is 4.62. The molecular weight excluding hydrogens is 338 g/mol. The second-order valence-electron chi connectivity index (χ2n) is 6.10. The third kappa shape index (κ3) is 2.18. The Balaban J connectivity index is 2.03. The lowest BCUT2D eigenvalue weighted by molar-refractivity contribution is 0.311. The van der Waals surface area contributed by atoms with E-state index in [1.807, 2.05) is 6.20 Å². The van der Waals surface area contributed by atoms with E-state index in [0.29, 0.717) is 0 Å². The Hall–Kier alpha value is -1.65. The quantitative estimate of drug-likeness (QED) is 0.655. The van der Waals surface area contributed by atoms with Crippen molar-refractivity contribution >= 4 is 26.8 Å². The van der Waals surface area contributed by atoms with Gasteiger partial charge in [0.25, 0.3) is 0 Å². The van der Waals surface area contributed by atoms with Crippen molar-refractivity contribution in [2.45, 2.75) is 19.9 Å². The molecule has 2 aromatic heterocycles. The molecule has 0 N–H and O–H groups in total. The summed E-state index contributed by atoms with van der Waals surface area (Å²) in [6, 6.07) is 10.9. The van der Waals surface area contributed by atoms with Crippen molar-refractivity contribution < 1.29 is 0 Å². The van der Waals surface area contributed by atoms with Crippen LogP contribution in [0.2, 0.25) is 0 Å². The number of benzene rings is 1. The van der Waals surface area contributed by atoms with Crippen LogP contribution >= 0.6 is 15.9 Å². The van der Waals surface area contributed by atoms with Crippen molar-refractivity contribution in [3.8, 4) is 5.82 Å². The number of rotatable bonds is 1. The van der Waals surface area contributed by atoms with Crippen LogP contribution in [0.4, 0.5) is 0 Å². The Labute approximate surface area is 138 Å². The first-order chi connectivity index (χ1) is 10.6. The summed E-state index contributed by atoms with van der Waals surface area (Å²) in [4.78, 5) is 7.02. The van der Waals surface area contributed by atoms with Gasteiger partial charge < -0.3 is 4.90 Å². The Morgan fingerprint density at radius 2 is 2.05 bits per heavy atom. The number of hydrogen-bond donors (Lipinski definition) is 0. The molecule has 3 nitrogen and oxygen atoms in total. The first-order valence-electron chi connectivity index (χ1n) is 7.57. The summed E-state index contributed by atoms with van der Waals surface area (Å²) in [6.45, 7) is 4.27. The molecule has 1 aliphatic heterocycles. The maximum Gasteiger partial charge on any atom is 0.137 e. The van der Waals surface area contributed by atoms with Crippen molar-refractivity contribution in [1.29, 1.82) is 0 Å². The van der Waals surface area contributed by atoms with E-state index in [4.69, 9.17) is 0 Å². The second-order valence-corrected chi connectivity index (χ2v) is 7.02. The van der Waals surface area contributed by atoms with Gasteiger partial charge in [-0.2, -0.15) is 0 Å². The average Bonchev–Trinajstić information content (AvgIpc) is 2.81. The fourth-order valence-electron chi connectivity index (χ4n) is 3.37. The van der Waals surface area contributed by atoms with Crippen molar-refractivity contribution in [3.63, 3.8) is 0 Å². The van der Waals surface area contributed by atoms with Gasteiger partial charge in [0.1, 0.15) is 5.82 Å². The number of aryl methyl sites for hydroxylation is 1. The van der Waals surface area contributed by atoms with E-state index in [-0.39, 0.29) is 0 Å². The highest BCUT2D eigenvalue weighted by Gasteiger charge is 2.23. The summed E-state index contributed by atoms with van der Waals surface area (Å²) in [5, 5.41) is 1.37. The fraction of sp³-hybridized carbons (Fsp3) is 0.278. The highest BCUT2D eigenvalue weighted by molar-refractivity contribution is 9.10. The number of fused-ring (bicyclic) bond motifs is 3. The smallest absolute Gasteiger partial charge is 0.137 e. The van der Waals surface area contributed by atoms with E-state index in [9.17, 15) is 0 Å². The lowest BCUT2D eigenvalue weighted by Crippen LogP contribution is -2.27. The molecule has 4 heteroatoms. The molecule has 22 heavy (non-hydrogen) atoms. The first kappa shape index (κ1) is 14.0. The fourth-order valence-corrected chi connectivity index (χ4v) is 3.60. The van der Waals surface area contributed by atoms with Gasteiger partial charge in [-0.1, -0.05) is 11.6 Å². The van der Waals surface area contributed by atoms with E-state index in [1.54, 1.807) is 0 Å². The molecule has 0 unspecified atom stereocenters. The molecule has 4 rings (SSSR count). The minimum absolute atomic E-state index is 1.00. The van der Waals surface area contributed by atoms with Gasteiger partial charge >= 0.3 is 0 Å². The molecule has 0 saturated heterocycles. The van der Waals surface area contributed by atoms with Gasteiger partial charge in [-0.3, -0.25) is 4.57 Å². The summed E-state index contributed by atoms with van der Waals surface area (Å²) in [7, 11) is 2.19.